The summed E-state index contributed by atoms with van der Waals surface area (Å²) in [5.74, 6) is -2.95. The number of anilines is 2. The third-order valence-corrected chi connectivity index (χ3v) is 3.77. The number of rotatable bonds is 7. The molecule has 1 aromatic rings. The molecule has 0 aromatic heterocycles. The van der Waals surface area contributed by atoms with Crippen LogP contribution in [0.15, 0.2) is 18.2 Å². The minimum Gasteiger partial charge on any atom is -0.433 e. The fourth-order valence-electron chi connectivity index (χ4n) is 2.46. The quantitative estimate of drug-likeness (QED) is 0.435. The van der Waals surface area contributed by atoms with Gasteiger partial charge in [0.2, 0.25) is 5.91 Å². The Labute approximate surface area is 163 Å². The highest BCUT2D eigenvalue weighted by atomic mass is 19.3. The number of carbonyl (C=O) groups excluding carboxylic acids is 4. The van der Waals surface area contributed by atoms with Gasteiger partial charge in [-0.1, -0.05) is 0 Å². The van der Waals surface area contributed by atoms with Crippen LogP contribution in [0.5, 0.6) is 5.75 Å². The van der Waals surface area contributed by atoms with Gasteiger partial charge in [0.25, 0.3) is 11.8 Å². The van der Waals surface area contributed by atoms with Crippen LogP contribution in [0.1, 0.15) is 0 Å². The summed E-state index contributed by atoms with van der Waals surface area (Å²) < 4.78 is 35.1. The highest BCUT2D eigenvalue weighted by Gasteiger charge is 2.28. The number of nitrogens with one attached hydrogen (secondary N) is 3. The number of benzene rings is 1. The Hall–Kier alpha value is -3.48. The van der Waals surface area contributed by atoms with Crippen LogP contribution in [-0.2, 0) is 19.1 Å². The number of amides is 5. The molecule has 158 valence electrons. The van der Waals surface area contributed by atoms with Crippen molar-refractivity contribution < 1.29 is 37.4 Å². The van der Waals surface area contributed by atoms with Crippen molar-refractivity contribution in [2.24, 2.45) is 5.73 Å². The van der Waals surface area contributed by atoms with E-state index in [-0.39, 0.29) is 36.9 Å². The van der Waals surface area contributed by atoms with E-state index in [2.05, 4.69) is 15.4 Å². The van der Waals surface area contributed by atoms with E-state index in [4.69, 9.17) is 10.5 Å². The summed E-state index contributed by atoms with van der Waals surface area (Å²) in [6, 6.07) is 1.12. The Morgan fingerprint density at radius 2 is 2.03 bits per heavy atom. The molecule has 0 spiro atoms. The molecule has 0 aliphatic carbocycles. The van der Waals surface area contributed by atoms with Crippen LogP contribution in [0.25, 0.3) is 0 Å². The van der Waals surface area contributed by atoms with E-state index in [0.717, 1.165) is 6.07 Å². The topological polar surface area (TPSA) is 152 Å². The molecule has 0 bridgehead atoms. The molecule has 5 amide bonds. The number of ether oxygens (including phenoxy) is 2. The monoisotopic (exact) mass is 415 g/mol. The molecular weight excluding hydrogens is 396 g/mol. The molecule has 0 saturated carbocycles. The summed E-state index contributed by atoms with van der Waals surface area (Å²) in [6.45, 7) is -3.06. The number of nitrogens with zero attached hydrogens (tertiary/aromatic N) is 1. The Balaban J connectivity index is 2.26. The second-order valence-electron chi connectivity index (χ2n) is 5.71. The molecule has 29 heavy (non-hydrogen) atoms. The van der Waals surface area contributed by atoms with Crippen molar-refractivity contribution in [1.29, 1.82) is 0 Å². The highest BCUT2D eigenvalue weighted by Crippen LogP contribution is 2.33. The maximum atomic E-state index is 12.8. The van der Waals surface area contributed by atoms with E-state index in [1.54, 1.807) is 0 Å². The van der Waals surface area contributed by atoms with Gasteiger partial charge in [-0.2, -0.15) is 8.78 Å². The van der Waals surface area contributed by atoms with Gasteiger partial charge in [-0.25, -0.2) is 4.79 Å². The molecule has 1 fully saturated rings. The van der Waals surface area contributed by atoms with Crippen LogP contribution < -0.4 is 31.3 Å². The van der Waals surface area contributed by atoms with Gasteiger partial charge in [-0.3, -0.25) is 14.4 Å². The fraction of sp³-hybridized carbons (Fsp3) is 0.375. The molecule has 2 rings (SSSR count). The first-order chi connectivity index (χ1) is 13.7. The minimum atomic E-state index is -3.19. The third kappa shape index (κ3) is 5.75. The average Bonchev–Trinajstić information content (AvgIpc) is 2.66. The summed E-state index contributed by atoms with van der Waals surface area (Å²) in [4.78, 5) is 48.2. The number of alkyl halides is 2. The minimum absolute atomic E-state index is 0.0277. The number of primary amides is 1. The van der Waals surface area contributed by atoms with E-state index < -0.39 is 36.4 Å². The highest BCUT2D eigenvalue weighted by molar-refractivity contribution is 6.11. The standard InChI is InChI=1S/C16H19F2N5O6/c1-20-16(27)22-12(13(19)25)14(26)21-8-2-3-9(10(6-8)29-15(17)18)23-4-5-28-7-11(23)24/h2-3,6,12,15H,4-5,7H2,1H3,(H2,19,25)(H,21,26)(H2,20,22,27)/t12-/m1/s1. The second-order valence-corrected chi connectivity index (χ2v) is 5.71. The zero-order chi connectivity index (χ0) is 21.6. The molecular formula is C16H19F2N5O6. The zero-order valence-corrected chi connectivity index (χ0v) is 15.2. The molecule has 1 aliphatic heterocycles. The van der Waals surface area contributed by atoms with Crippen molar-refractivity contribution >= 4 is 35.1 Å². The van der Waals surface area contributed by atoms with Crippen molar-refractivity contribution in [3.63, 3.8) is 0 Å². The van der Waals surface area contributed by atoms with Gasteiger partial charge in [-0.05, 0) is 12.1 Å². The Morgan fingerprint density at radius 3 is 2.62 bits per heavy atom. The number of hydrogen-bond donors (Lipinski definition) is 4. The number of hydrogen-bond acceptors (Lipinski definition) is 6. The molecule has 0 unspecified atom stereocenters. The molecule has 11 nitrogen and oxygen atoms in total. The first-order valence-electron chi connectivity index (χ1n) is 8.28. The van der Waals surface area contributed by atoms with Gasteiger partial charge in [0.05, 0.1) is 12.3 Å². The van der Waals surface area contributed by atoms with E-state index in [1.807, 2.05) is 5.32 Å². The predicted molar refractivity (Wildman–Crippen MR) is 95.4 cm³/mol. The summed E-state index contributed by atoms with van der Waals surface area (Å²) >= 11 is 0. The van der Waals surface area contributed by atoms with Crippen molar-refractivity contribution in [3.05, 3.63) is 18.2 Å². The molecule has 1 heterocycles. The van der Waals surface area contributed by atoms with Crippen molar-refractivity contribution in [1.82, 2.24) is 10.6 Å². The van der Waals surface area contributed by atoms with Gasteiger partial charge < -0.3 is 36.1 Å². The van der Waals surface area contributed by atoms with E-state index in [9.17, 15) is 28.0 Å². The molecule has 5 N–H and O–H groups in total. The van der Waals surface area contributed by atoms with Crippen LogP contribution in [0, 0.1) is 0 Å². The first-order valence-corrected chi connectivity index (χ1v) is 8.28. The lowest BCUT2D eigenvalue weighted by Gasteiger charge is -2.28. The van der Waals surface area contributed by atoms with Crippen LogP contribution >= 0.6 is 0 Å². The predicted octanol–water partition coefficient (Wildman–Crippen LogP) is -0.627. The maximum absolute atomic E-state index is 12.8. The van der Waals surface area contributed by atoms with Gasteiger partial charge >= 0.3 is 12.6 Å². The van der Waals surface area contributed by atoms with Crippen molar-refractivity contribution in [2.75, 3.05) is 37.0 Å². The summed E-state index contributed by atoms with van der Waals surface area (Å²) in [5.41, 5.74) is 5.14. The number of urea groups is 1. The normalized spacial score (nSPS) is 14.9. The third-order valence-electron chi connectivity index (χ3n) is 3.77. The maximum Gasteiger partial charge on any atom is 0.387 e. The molecule has 1 aromatic carbocycles. The van der Waals surface area contributed by atoms with Crippen LogP contribution in [-0.4, -0.2) is 63.2 Å². The fourth-order valence-corrected chi connectivity index (χ4v) is 2.46. The van der Waals surface area contributed by atoms with Crippen molar-refractivity contribution in [2.45, 2.75) is 12.7 Å². The largest absolute Gasteiger partial charge is 0.433 e. The average molecular weight is 415 g/mol. The summed E-state index contributed by atoms with van der Waals surface area (Å²) in [7, 11) is 1.27. The number of halogens is 2. The molecule has 13 heteroatoms. The number of carbonyl (C=O) groups is 4. The van der Waals surface area contributed by atoms with E-state index in [1.165, 1.54) is 24.1 Å². The molecule has 0 radical (unpaired) electrons. The molecule has 1 aliphatic rings. The second kappa shape index (κ2) is 9.64. The number of morpholine rings is 1. The van der Waals surface area contributed by atoms with Gasteiger partial charge in [-0.15, -0.1) is 0 Å². The van der Waals surface area contributed by atoms with Crippen LogP contribution in [0.3, 0.4) is 0 Å². The lowest BCUT2D eigenvalue weighted by molar-refractivity contribution is -0.128. The van der Waals surface area contributed by atoms with Gasteiger partial charge in [0, 0.05) is 25.3 Å². The SMILES string of the molecule is CNC(=O)N[C@H](C(N)=O)C(=O)Nc1ccc(N2CCOCC2=O)c(OC(F)F)c1. The summed E-state index contributed by atoms with van der Waals surface area (Å²) in [6.07, 6.45) is 0. The number of nitrogens with two attached hydrogens (primary N) is 1. The Morgan fingerprint density at radius 1 is 1.31 bits per heavy atom. The lowest BCUT2D eigenvalue weighted by Crippen LogP contribution is -2.53. The summed E-state index contributed by atoms with van der Waals surface area (Å²) in [5, 5.41) is 6.48. The van der Waals surface area contributed by atoms with Crippen LogP contribution in [0.2, 0.25) is 0 Å². The van der Waals surface area contributed by atoms with Gasteiger partial charge in [0.1, 0.15) is 6.61 Å². The lowest BCUT2D eigenvalue weighted by atomic mass is 10.2. The van der Waals surface area contributed by atoms with E-state index >= 15 is 0 Å². The zero-order valence-electron chi connectivity index (χ0n) is 15.2. The molecule has 1 atom stereocenters. The smallest absolute Gasteiger partial charge is 0.387 e. The Kier molecular flexibility index (Phi) is 7.25. The van der Waals surface area contributed by atoms with Crippen LogP contribution in [0.4, 0.5) is 25.0 Å². The van der Waals surface area contributed by atoms with E-state index in [0.29, 0.717) is 0 Å². The Bertz CT molecular complexity index is 806. The molecule has 1 saturated heterocycles. The van der Waals surface area contributed by atoms with Crippen molar-refractivity contribution in [3.8, 4) is 5.75 Å². The van der Waals surface area contributed by atoms with Gasteiger partial charge in [0.15, 0.2) is 11.8 Å². The first kappa shape index (κ1) is 21.8.